The molecule has 1 amide bonds. The van der Waals surface area contributed by atoms with E-state index < -0.39 is 53.1 Å². The van der Waals surface area contributed by atoms with Gasteiger partial charge in [-0.1, -0.05) is 12.1 Å². The van der Waals surface area contributed by atoms with E-state index in [1.165, 1.54) is 6.07 Å². The average molecular weight is 470 g/mol. The Hall–Kier alpha value is -2.64. The van der Waals surface area contributed by atoms with E-state index in [9.17, 15) is 27.8 Å². The van der Waals surface area contributed by atoms with Crippen LogP contribution < -0.4 is 14.7 Å². The molecule has 0 aromatic heterocycles. The highest BCUT2D eigenvalue weighted by Crippen LogP contribution is 2.30. The Balaban J connectivity index is 1.98. The third-order valence-corrected chi connectivity index (χ3v) is 5.12. The molecule has 0 unspecified atom stereocenters. The maximum atomic E-state index is 12.4. The molecule has 13 heteroatoms. The molecule has 1 atom stereocenters. The maximum Gasteiger partial charge on any atom is 0.547 e. The summed E-state index contributed by atoms with van der Waals surface area (Å²) in [4.78, 5) is 36.2. The number of fused-ring (bicyclic) bond motifs is 1. The number of hydrogen-bond donors (Lipinski definition) is 3. The summed E-state index contributed by atoms with van der Waals surface area (Å²) >= 11 is 0. The second kappa shape index (κ2) is 10.3. The van der Waals surface area contributed by atoms with Gasteiger partial charge < -0.3 is 24.5 Å². The first-order valence-electron chi connectivity index (χ1n) is 9.83. The second-order valence-electron chi connectivity index (χ2n) is 8.33. The van der Waals surface area contributed by atoms with Crippen LogP contribution in [0.2, 0.25) is 0 Å². The first-order chi connectivity index (χ1) is 14.8. The van der Waals surface area contributed by atoms with Crippen molar-refractivity contribution in [3.63, 3.8) is 0 Å². The molecular weight excluding hydrogens is 443 g/mol. The Labute approximate surface area is 187 Å². The predicted molar refractivity (Wildman–Crippen MR) is 114 cm³/mol. The Morgan fingerprint density at radius 3 is 2.56 bits per heavy atom. The second-order valence-corrected chi connectivity index (χ2v) is 10.2. The molecule has 3 N–H and O–H groups in total. The summed E-state index contributed by atoms with van der Waals surface area (Å²) in [6.07, 6.45) is 1.03. The van der Waals surface area contributed by atoms with E-state index in [1.54, 1.807) is 32.9 Å². The number of ether oxygens (including phenoxy) is 2. The number of hydrogen-bond acceptors (Lipinski definition) is 9. The van der Waals surface area contributed by atoms with Gasteiger partial charge in [-0.3, -0.25) is 9.59 Å². The molecule has 1 heterocycles. The van der Waals surface area contributed by atoms with Crippen LogP contribution in [-0.4, -0.2) is 63.9 Å². The molecule has 176 valence electrons. The van der Waals surface area contributed by atoms with Gasteiger partial charge in [0.2, 0.25) is 22.7 Å². The van der Waals surface area contributed by atoms with E-state index in [0.717, 1.165) is 6.26 Å². The topological polar surface area (TPSA) is 157 Å². The zero-order valence-electron chi connectivity index (χ0n) is 18.3. The van der Waals surface area contributed by atoms with Gasteiger partial charge in [0.25, 0.3) is 0 Å². The summed E-state index contributed by atoms with van der Waals surface area (Å²) in [6.45, 7) is 4.34. The van der Waals surface area contributed by atoms with E-state index in [2.05, 4.69) is 10.0 Å². The number of para-hydroxylation sites is 1. The van der Waals surface area contributed by atoms with Crippen LogP contribution in [0.5, 0.6) is 5.75 Å². The zero-order valence-corrected chi connectivity index (χ0v) is 19.2. The molecule has 0 saturated carbocycles. The highest BCUT2D eigenvalue weighted by atomic mass is 32.2. The smallest absolute Gasteiger partial charge is 0.534 e. The third kappa shape index (κ3) is 7.50. The molecule has 32 heavy (non-hydrogen) atoms. The van der Waals surface area contributed by atoms with Crippen LogP contribution in [0.4, 0.5) is 0 Å². The molecule has 11 nitrogen and oxygen atoms in total. The molecule has 0 fully saturated rings. The van der Waals surface area contributed by atoms with E-state index in [1.807, 2.05) is 0 Å². The molecular formula is C19H27BN2O9S. The van der Waals surface area contributed by atoms with Gasteiger partial charge in [-0.2, -0.15) is 0 Å². The number of carbonyl (C=O) groups is 3. The summed E-state index contributed by atoms with van der Waals surface area (Å²) in [5.74, 6) is -2.50. The molecule has 1 aliphatic rings. The molecule has 0 spiro atoms. The van der Waals surface area contributed by atoms with E-state index in [-0.39, 0.29) is 30.7 Å². The Morgan fingerprint density at radius 1 is 1.25 bits per heavy atom. The van der Waals surface area contributed by atoms with Crippen molar-refractivity contribution in [3.05, 3.63) is 29.3 Å². The monoisotopic (exact) mass is 470 g/mol. The predicted octanol–water partition coefficient (Wildman–Crippen LogP) is -0.231. The van der Waals surface area contributed by atoms with Crippen LogP contribution >= 0.6 is 0 Å². The number of carbonyl (C=O) groups excluding carboxylic acids is 3. The third-order valence-electron chi connectivity index (χ3n) is 4.39. The molecule has 2 rings (SSSR count). The minimum absolute atomic E-state index is 0.0375. The first kappa shape index (κ1) is 25.6. The Morgan fingerprint density at radius 2 is 1.94 bits per heavy atom. The number of sulfonamides is 1. The number of rotatable bonds is 8. The van der Waals surface area contributed by atoms with Crippen LogP contribution in [0.25, 0.3) is 0 Å². The molecule has 1 aromatic carbocycles. The zero-order chi connectivity index (χ0) is 24.1. The summed E-state index contributed by atoms with van der Waals surface area (Å²) < 4.78 is 39.7. The van der Waals surface area contributed by atoms with Gasteiger partial charge in [0.05, 0.1) is 17.6 Å². The van der Waals surface area contributed by atoms with Crippen molar-refractivity contribution in [2.75, 3.05) is 19.6 Å². The van der Waals surface area contributed by atoms with Crippen molar-refractivity contribution in [2.24, 2.45) is 5.41 Å². The van der Waals surface area contributed by atoms with Crippen LogP contribution in [0.3, 0.4) is 0 Å². The van der Waals surface area contributed by atoms with Crippen LogP contribution in [0, 0.1) is 5.41 Å². The lowest BCUT2D eigenvalue weighted by molar-refractivity contribution is -0.161. The van der Waals surface area contributed by atoms with E-state index in [0.29, 0.717) is 5.56 Å². The molecule has 0 saturated heterocycles. The van der Waals surface area contributed by atoms with Gasteiger partial charge >= 0.3 is 19.1 Å². The van der Waals surface area contributed by atoms with Crippen molar-refractivity contribution < 1.29 is 42.0 Å². The minimum Gasteiger partial charge on any atom is -0.534 e. The fraction of sp³-hybridized carbons (Fsp3) is 0.526. The molecule has 0 bridgehead atoms. The lowest BCUT2D eigenvalue weighted by atomic mass is 9.72. The van der Waals surface area contributed by atoms with Gasteiger partial charge in [-0.25, -0.2) is 17.9 Å². The normalized spacial score (nSPS) is 15.9. The highest BCUT2D eigenvalue weighted by Gasteiger charge is 2.38. The van der Waals surface area contributed by atoms with Crippen LogP contribution in [0.15, 0.2) is 18.2 Å². The largest absolute Gasteiger partial charge is 0.547 e. The molecule has 1 aliphatic heterocycles. The van der Waals surface area contributed by atoms with E-state index >= 15 is 0 Å². The lowest BCUT2D eigenvalue weighted by Crippen LogP contribution is -2.53. The van der Waals surface area contributed by atoms with Crippen molar-refractivity contribution >= 4 is 35.0 Å². The van der Waals surface area contributed by atoms with Gasteiger partial charge in [0.15, 0.2) is 0 Å². The van der Waals surface area contributed by atoms with Crippen molar-refractivity contribution in [1.29, 1.82) is 0 Å². The summed E-state index contributed by atoms with van der Waals surface area (Å²) in [5, 5.41) is 12.9. The van der Waals surface area contributed by atoms with Crippen molar-refractivity contribution in [2.45, 2.75) is 39.6 Å². The quantitative estimate of drug-likeness (QED) is 0.265. The van der Waals surface area contributed by atoms with Gasteiger partial charge in [0.1, 0.15) is 11.3 Å². The fourth-order valence-electron chi connectivity index (χ4n) is 2.77. The first-order valence-corrected chi connectivity index (χ1v) is 11.7. The molecule has 0 aliphatic carbocycles. The SMILES string of the molecule is CC(C)(C)C(=O)OCOC(=O)c1cccc2c1OB(O)[C@@H](NC(=O)CCNS(C)(=O)=O)C2. The summed E-state index contributed by atoms with van der Waals surface area (Å²) in [5.41, 5.74) is -0.155. The average Bonchev–Trinajstić information content (AvgIpc) is 2.66. The minimum atomic E-state index is -3.41. The summed E-state index contributed by atoms with van der Waals surface area (Å²) in [6, 6.07) is 4.70. The van der Waals surface area contributed by atoms with Gasteiger partial charge in [0, 0.05) is 13.0 Å². The Kier molecular flexibility index (Phi) is 8.26. The number of nitrogens with one attached hydrogen (secondary N) is 2. The van der Waals surface area contributed by atoms with Crippen LogP contribution in [0.1, 0.15) is 43.1 Å². The molecule has 0 radical (unpaired) electrons. The number of benzene rings is 1. The van der Waals surface area contributed by atoms with Gasteiger partial charge in [-0.15, -0.1) is 0 Å². The van der Waals surface area contributed by atoms with Crippen molar-refractivity contribution in [1.82, 2.24) is 10.0 Å². The van der Waals surface area contributed by atoms with Crippen molar-refractivity contribution in [3.8, 4) is 5.75 Å². The summed E-state index contributed by atoms with van der Waals surface area (Å²) in [7, 11) is -4.85. The number of amides is 1. The van der Waals surface area contributed by atoms with Crippen LogP contribution in [-0.2, 0) is 35.5 Å². The highest BCUT2D eigenvalue weighted by molar-refractivity contribution is 7.88. The number of esters is 2. The van der Waals surface area contributed by atoms with Gasteiger partial charge in [-0.05, 0) is 38.8 Å². The maximum absolute atomic E-state index is 12.4. The standard InChI is InChI=1S/C19H27BN2O9S/c1-19(2,3)18(25)30-11-29-17(24)13-7-5-6-12-10-14(20(26)31-16(12)13)22-15(23)8-9-21-32(4,27)28/h5-7,14,21,26H,8-11H2,1-4H3,(H,22,23)/t14-/m0/s1. The Bertz CT molecular complexity index is 976. The lowest BCUT2D eigenvalue weighted by Gasteiger charge is -2.29. The van der Waals surface area contributed by atoms with E-state index in [4.69, 9.17) is 14.1 Å². The molecule has 1 aromatic rings. The fourth-order valence-corrected chi connectivity index (χ4v) is 3.24.